The van der Waals surface area contributed by atoms with Crippen molar-refractivity contribution >= 4 is 45.2 Å². The highest BCUT2D eigenvalue weighted by Gasteiger charge is 2.40. The minimum Gasteiger partial charge on any atom is -0.495 e. The number of hydrogen-bond donors (Lipinski definition) is 2. The Morgan fingerprint density at radius 1 is 1.37 bits per heavy atom. The second-order valence-corrected chi connectivity index (χ2v) is 8.46. The van der Waals surface area contributed by atoms with E-state index in [9.17, 15) is 19.4 Å². The first-order chi connectivity index (χ1) is 14.4. The number of halogens is 2. The zero-order chi connectivity index (χ0) is 21.9. The van der Waals surface area contributed by atoms with Gasteiger partial charge < -0.3 is 14.8 Å². The highest BCUT2D eigenvalue weighted by atomic mass is 79.9. The number of ether oxygens (including phenoxy) is 1. The quantitative estimate of drug-likeness (QED) is 0.395. The third-order valence-electron chi connectivity index (χ3n) is 5.12. The molecule has 2 N–H and O–H groups in total. The molecule has 0 radical (unpaired) electrons. The van der Waals surface area contributed by atoms with E-state index in [2.05, 4.69) is 37.2 Å². The fourth-order valence-corrected chi connectivity index (χ4v) is 4.54. The number of nitriles is 1. The van der Waals surface area contributed by atoms with Crippen molar-refractivity contribution in [2.24, 2.45) is 5.18 Å². The minimum absolute atomic E-state index is 0.0712. The zero-order valence-electron chi connectivity index (χ0n) is 16.2. The van der Waals surface area contributed by atoms with Gasteiger partial charge in [0.15, 0.2) is 0 Å². The van der Waals surface area contributed by atoms with Crippen LogP contribution in [0, 0.1) is 22.1 Å². The van der Waals surface area contributed by atoms with Crippen LogP contribution in [0.3, 0.4) is 0 Å². The van der Waals surface area contributed by atoms with Gasteiger partial charge in [0.05, 0.1) is 39.2 Å². The van der Waals surface area contributed by atoms with Crippen molar-refractivity contribution in [1.29, 1.82) is 5.26 Å². The second kappa shape index (κ2) is 9.02. The Morgan fingerprint density at radius 3 is 2.63 bits per heavy atom. The third kappa shape index (κ3) is 4.00. The normalized spacial score (nSPS) is 14.2. The van der Waals surface area contributed by atoms with Crippen molar-refractivity contribution in [2.75, 3.05) is 18.9 Å². The van der Waals surface area contributed by atoms with Gasteiger partial charge in [-0.3, -0.25) is 4.79 Å². The molecule has 0 atom stereocenters. The molecule has 0 saturated heterocycles. The first-order valence-electron chi connectivity index (χ1n) is 9.00. The van der Waals surface area contributed by atoms with Crippen LogP contribution < -0.4 is 14.8 Å². The molecule has 0 aromatic heterocycles. The van der Waals surface area contributed by atoms with Crippen molar-refractivity contribution in [1.82, 2.24) is 5.32 Å². The highest BCUT2D eigenvalue weighted by molar-refractivity contribution is 9.10. The molecule has 1 aliphatic rings. The van der Waals surface area contributed by atoms with Gasteiger partial charge in [0.2, 0.25) is 0 Å². The molecular weight excluding hydrogens is 475 g/mol. The number of carbonyl (C=O) groups is 1. The summed E-state index contributed by atoms with van der Waals surface area (Å²) in [6.45, 7) is 0. The maximum absolute atomic E-state index is 13.8. The molecule has 2 aromatic rings. The van der Waals surface area contributed by atoms with Crippen molar-refractivity contribution < 1.29 is 13.9 Å². The van der Waals surface area contributed by atoms with Gasteiger partial charge in [0.1, 0.15) is 17.3 Å². The fraction of sp³-hybridized carbons (Fsp3) is 0.300. The Balaban J connectivity index is 2.05. The number of amides is 1. The van der Waals surface area contributed by atoms with Crippen molar-refractivity contribution in [2.45, 2.75) is 29.6 Å². The molecule has 0 spiro atoms. The van der Waals surface area contributed by atoms with Crippen LogP contribution in [-0.4, -0.2) is 20.1 Å². The molecule has 0 bridgehead atoms. The second-order valence-electron chi connectivity index (χ2n) is 6.76. The molecule has 1 saturated carbocycles. The average molecular weight is 493 g/mol. The number of anilines is 1. The SMILES string of the molecule is CNC(=O)c1cc(C2(C#N)CCC2)cc(NSc2cc(Br)c(F)cc2OC)c1N=O. The zero-order valence-corrected chi connectivity index (χ0v) is 18.6. The monoisotopic (exact) mass is 492 g/mol. The molecule has 1 amide bonds. The van der Waals surface area contributed by atoms with Crippen LogP contribution in [0.5, 0.6) is 5.75 Å². The van der Waals surface area contributed by atoms with Gasteiger partial charge in [-0.05, 0) is 76.1 Å². The van der Waals surface area contributed by atoms with Gasteiger partial charge in [-0.25, -0.2) is 4.39 Å². The summed E-state index contributed by atoms with van der Waals surface area (Å²) in [5.74, 6) is -0.658. The van der Waals surface area contributed by atoms with Crippen LogP contribution in [0.25, 0.3) is 0 Å². The summed E-state index contributed by atoms with van der Waals surface area (Å²) in [5, 5.41) is 15.3. The maximum Gasteiger partial charge on any atom is 0.253 e. The average Bonchev–Trinajstić information content (AvgIpc) is 2.72. The van der Waals surface area contributed by atoms with E-state index < -0.39 is 17.1 Å². The summed E-state index contributed by atoms with van der Waals surface area (Å²) in [5.41, 5.74) is 0.259. The number of rotatable bonds is 7. The number of nitrogens with zero attached hydrogens (tertiary/aromatic N) is 2. The predicted molar refractivity (Wildman–Crippen MR) is 117 cm³/mol. The summed E-state index contributed by atoms with van der Waals surface area (Å²) in [6, 6.07) is 8.34. The number of carbonyl (C=O) groups excluding carboxylic acids is 1. The third-order valence-corrected chi connectivity index (χ3v) is 6.59. The van der Waals surface area contributed by atoms with E-state index in [-0.39, 0.29) is 21.4 Å². The Hall–Kier alpha value is -2.64. The van der Waals surface area contributed by atoms with Crippen molar-refractivity contribution in [3.63, 3.8) is 0 Å². The molecule has 7 nitrogen and oxygen atoms in total. The number of nitrogens with one attached hydrogen (secondary N) is 2. The van der Waals surface area contributed by atoms with Gasteiger partial charge in [-0.15, -0.1) is 4.91 Å². The summed E-state index contributed by atoms with van der Waals surface area (Å²) in [7, 11) is 2.87. The molecule has 30 heavy (non-hydrogen) atoms. The van der Waals surface area contributed by atoms with E-state index in [1.165, 1.54) is 26.3 Å². The Labute approximate surface area is 185 Å². The Kier molecular flexibility index (Phi) is 6.63. The summed E-state index contributed by atoms with van der Waals surface area (Å²) < 4.78 is 22.3. The fourth-order valence-electron chi connectivity index (χ4n) is 3.25. The summed E-state index contributed by atoms with van der Waals surface area (Å²) in [6.07, 6.45) is 2.26. The molecule has 2 aromatic carbocycles. The van der Waals surface area contributed by atoms with Crippen LogP contribution in [0.2, 0.25) is 0 Å². The van der Waals surface area contributed by atoms with Crippen LogP contribution in [0.15, 0.2) is 38.8 Å². The largest absolute Gasteiger partial charge is 0.495 e. The van der Waals surface area contributed by atoms with Gasteiger partial charge in [0, 0.05) is 13.1 Å². The van der Waals surface area contributed by atoms with Crippen molar-refractivity contribution in [3.05, 3.63) is 50.6 Å². The molecule has 156 valence electrons. The molecule has 0 aliphatic heterocycles. The number of nitroso groups, excluding NO2 is 1. The van der Waals surface area contributed by atoms with Crippen LogP contribution in [0.4, 0.5) is 15.8 Å². The van der Waals surface area contributed by atoms with E-state index in [4.69, 9.17) is 4.74 Å². The summed E-state index contributed by atoms with van der Waals surface area (Å²) in [4.78, 5) is 24.5. The lowest BCUT2D eigenvalue weighted by Gasteiger charge is -2.36. The van der Waals surface area contributed by atoms with Crippen LogP contribution >= 0.6 is 27.9 Å². The molecule has 0 unspecified atom stereocenters. The first-order valence-corrected chi connectivity index (χ1v) is 10.6. The van der Waals surface area contributed by atoms with Gasteiger partial charge >= 0.3 is 0 Å². The van der Waals surface area contributed by atoms with Crippen molar-refractivity contribution in [3.8, 4) is 11.8 Å². The van der Waals surface area contributed by atoms with Crippen LogP contribution in [-0.2, 0) is 5.41 Å². The van der Waals surface area contributed by atoms with Gasteiger partial charge in [-0.1, -0.05) is 0 Å². The molecule has 1 aliphatic carbocycles. The lowest BCUT2D eigenvalue weighted by atomic mass is 9.65. The molecule has 3 rings (SSSR count). The van der Waals surface area contributed by atoms with Crippen LogP contribution in [0.1, 0.15) is 35.2 Å². The lowest BCUT2D eigenvalue weighted by molar-refractivity contribution is 0.0963. The molecule has 1 fully saturated rings. The molecule has 10 heteroatoms. The minimum atomic E-state index is -0.693. The topological polar surface area (TPSA) is 104 Å². The smallest absolute Gasteiger partial charge is 0.253 e. The van der Waals surface area contributed by atoms with E-state index in [0.717, 1.165) is 18.4 Å². The Bertz CT molecular complexity index is 1050. The van der Waals surface area contributed by atoms with E-state index >= 15 is 0 Å². The molecule has 0 heterocycles. The number of benzene rings is 2. The van der Waals surface area contributed by atoms with Gasteiger partial charge in [0.25, 0.3) is 5.91 Å². The highest BCUT2D eigenvalue weighted by Crippen LogP contribution is 2.47. The van der Waals surface area contributed by atoms with E-state index in [1.807, 2.05) is 0 Å². The lowest BCUT2D eigenvalue weighted by Crippen LogP contribution is -2.33. The number of methoxy groups -OCH3 is 1. The number of hydrogen-bond acceptors (Lipinski definition) is 7. The maximum atomic E-state index is 13.8. The van der Waals surface area contributed by atoms with E-state index in [0.29, 0.717) is 29.1 Å². The molecular formula is C20H18BrFN4O3S. The van der Waals surface area contributed by atoms with Gasteiger partial charge in [-0.2, -0.15) is 5.26 Å². The standard InChI is InChI=1S/C20H18BrFN4O3S/c1-24-19(27)12-6-11(20(10-23)4-3-5-20)7-15(18(12)25-28)26-30-17-8-13(21)14(22)9-16(17)29-2/h6-9,26H,3-5H2,1-2H3,(H,24,27). The first kappa shape index (κ1) is 22.1. The Morgan fingerprint density at radius 2 is 2.10 bits per heavy atom. The summed E-state index contributed by atoms with van der Waals surface area (Å²) >= 11 is 4.21. The van der Waals surface area contributed by atoms with E-state index in [1.54, 1.807) is 12.1 Å². The predicted octanol–water partition coefficient (Wildman–Crippen LogP) is 5.42.